The Kier molecular flexibility index (Phi) is 1.60. The minimum atomic E-state index is 0.212. The summed E-state index contributed by atoms with van der Waals surface area (Å²) in [6, 6.07) is 0.446. The first kappa shape index (κ1) is 7.76. The van der Waals surface area contributed by atoms with Crippen molar-refractivity contribution in [3.05, 3.63) is 0 Å². The standard InChI is InChI=1S/C9H14N2O2/c12-9(11-2-1-3-13-11)8-6-4-7(8)10-5-6/h6-8,10H,1-5H2. The molecule has 4 rings (SSSR count). The highest BCUT2D eigenvalue weighted by molar-refractivity contribution is 5.80. The van der Waals surface area contributed by atoms with Gasteiger partial charge in [0.05, 0.1) is 19.1 Å². The molecule has 0 radical (unpaired) electrons. The lowest BCUT2D eigenvalue weighted by atomic mass is 9.73. The van der Waals surface area contributed by atoms with Gasteiger partial charge in [0.15, 0.2) is 0 Å². The molecular weight excluding hydrogens is 168 g/mol. The number of hydroxylamine groups is 2. The molecule has 0 spiro atoms. The number of carbonyl (C=O) groups excluding carboxylic acids is 1. The van der Waals surface area contributed by atoms with Gasteiger partial charge in [0.1, 0.15) is 0 Å². The maximum atomic E-state index is 11.8. The van der Waals surface area contributed by atoms with Crippen LogP contribution in [-0.2, 0) is 9.63 Å². The van der Waals surface area contributed by atoms with Crippen LogP contribution in [0.25, 0.3) is 0 Å². The molecule has 1 saturated carbocycles. The monoisotopic (exact) mass is 182 g/mol. The Morgan fingerprint density at radius 2 is 2.46 bits per heavy atom. The number of hydrogen-bond acceptors (Lipinski definition) is 3. The molecule has 4 aliphatic rings. The summed E-state index contributed by atoms with van der Waals surface area (Å²) in [7, 11) is 0. The van der Waals surface area contributed by atoms with E-state index in [0.717, 1.165) is 19.5 Å². The summed E-state index contributed by atoms with van der Waals surface area (Å²) in [5.74, 6) is 1.02. The van der Waals surface area contributed by atoms with E-state index < -0.39 is 0 Å². The molecule has 3 saturated heterocycles. The van der Waals surface area contributed by atoms with Gasteiger partial charge in [0.2, 0.25) is 0 Å². The molecule has 1 N–H and O–H groups in total. The van der Waals surface area contributed by atoms with Crippen LogP contribution >= 0.6 is 0 Å². The number of rotatable bonds is 1. The Balaban J connectivity index is 1.68. The Hall–Kier alpha value is -0.610. The van der Waals surface area contributed by atoms with E-state index >= 15 is 0 Å². The summed E-state index contributed by atoms with van der Waals surface area (Å²) < 4.78 is 0. The zero-order chi connectivity index (χ0) is 8.84. The fourth-order valence-electron chi connectivity index (χ4n) is 2.64. The normalized spacial score (nSPS) is 42.2. The molecule has 72 valence electrons. The molecular formula is C9H14N2O2. The van der Waals surface area contributed by atoms with Crippen molar-refractivity contribution in [1.82, 2.24) is 10.4 Å². The third-order valence-corrected chi connectivity index (χ3v) is 3.42. The van der Waals surface area contributed by atoms with Crippen molar-refractivity contribution in [2.24, 2.45) is 11.8 Å². The number of amides is 1. The van der Waals surface area contributed by atoms with Gasteiger partial charge in [-0.15, -0.1) is 0 Å². The van der Waals surface area contributed by atoms with Gasteiger partial charge < -0.3 is 5.32 Å². The highest BCUT2D eigenvalue weighted by Crippen LogP contribution is 2.41. The highest BCUT2D eigenvalue weighted by Gasteiger charge is 2.52. The smallest absolute Gasteiger partial charge is 0.251 e. The van der Waals surface area contributed by atoms with Gasteiger partial charge in [-0.2, -0.15) is 0 Å². The van der Waals surface area contributed by atoms with Crippen LogP contribution in [0.3, 0.4) is 0 Å². The first-order chi connectivity index (χ1) is 6.36. The van der Waals surface area contributed by atoms with Crippen molar-refractivity contribution in [2.45, 2.75) is 18.9 Å². The number of nitrogens with one attached hydrogen (secondary N) is 1. The van der Waals surface area contributed by atoms with Gasteiger partial charge >= 0.3 is 0 Å². The molecule has 3 unspecified atom stereocenters. The van der Waals surface area contributed by atoms with Crippen LogP contribution in [0, 0.1) is 11.8 Å². The molecule has 3 aliphatic heterocycles. The second kappa shape index (κ2) is 2.69. The predicted molar refractivity (Wildman–Crippen MR) is 45.7 cm³/mol. The first-order valence-electron chi connectivity index (χ1n) is 5.04. The van der Waals surface area contributed by atoms with E-state index in [9.17, 15) is 4.79 Å². The molecule has 13 heavy (non-hydrogen) atoms. The van der Waals surface area contributed by atoms with E-state index in [1.807, 2.05) is 0 Å². The molecule has 4 heteroatoms. The Bertz CT molecular complexity index is 224. The maximum absolute atomic E-state index is 11.8. The molecule has 0 aromatic carbocycles. The van der Waals surface area contributed by atoms with Crippen molar-refractivity contribution < 1.29 is 9.63 Å². The second-order valence-electron chi connectivity index (χ2n) is 4.16. The summed E-state index contributed by atoms with van der Waals surface area (Å²) in [5.41, 5.74) is 0. The van der Waals surface area contributed by atoms with E-state index in [4.69, 9.17) is 4.84 Å². The summed E-state index contributed by atoms with van der Waals surface area (Å²) in [6.45, 7) is 2.52. The molecule has 3 heterocycles. The van der Waals surface area contributed by atoms with Gasteiger partial charge in [-0.3, -0.25) is 9.63 Å². The van der Waals surface area contributed by atoms with Gasteiger partial charge in [-0.05, 0) is 25.3 Å². The fourth-order valence-corrected chi connectivity index (χ4v) is 2.64. The van der Waals surface area contributed by atoms with Crippen molar-refractivity contribution in [3.63, 3.8) is 0 Å². The van der Waals surface area contributed by atoms with Gasteiger partial charge in [-0.1, -0.05) is 0 Å². The van der Waals surface area contributed by atoms with E-state index in [1.165, 1.54) is 6.42 Å². The lowest BCUT2D eigenvalue weighted by Crippen LogP contribution is -2.48. The van der Waals surface area contributed by atoms with Gasteiger partial charge in [0.25, 0.3) is 5.91 Å². The van der Waals surface area contributed by atoms with E-state index in [1.54, 1.807) is 5.06 Å². The van der Waals surface area contributed by atoms with Crippen molar-refractivity contribution in [3.8, 4) is 0 Å². The van der Waals surface area contributed by atoms with Crippen LogP contribution in [-0.4, -0.2) is 36.7 Å². The summed E-state index contributed by atoms with van der Waals surface area (Å²) in [5, 5.41) is 4.91. The lowest BCUT2D eigenvalue weighted by molar-refractivity contribution is -0.178. The molecule has 3 atom stereocenters. The SMILES string of the molecule is O=C(C1C2CNC1C2)N1CCCO1. The Morgan fingerprint density at radius 3 is 3.00 bits per heavy atom. The van der Waals surface area contributed by atoms with Crippen molar-refractivity contribution >= 4 is 5.91 Å². The molecule has 1 amide bonds. The second-order valence-corrected chi connectivity index (χ2v) is 4.16. The van der Waals surface area contributed by atoms with E-state index in [0.29, 0.717) is 18.6 Å². The fraction of sp³-hybridized carbons (Fsp3) is 0.889. The average Bonchev–Trinajstić information content (AvgIpc) is 2.82. The minimum Gasteiger partial charge on any atom is -0.313 e. The summed E-state index contributed by atoms with van der Waals surface area (Å²) in [4.78, 5) is 17.1. The van der Waals surface area contributed by atoms with Crippen LogP contribution in [0.15, 0.2) is 0 Å². The van der Waals surface area contributed by atoms with Crippen LogP contribution in [0.1, 0.15) is 12.8 Å². The van der Waals surface area contributed by atoms with E-state index in [-0.39, 0.29) is 11.8 Å². The van der Waals surface area contributed by atoms with E-state index in [2.05, 4.69) is 5.32 Å². The maximum Gasteiger partial charge on any atom is 0.251 e. The number of nitrogens with zero attached hydrogens (tertiary/aromatic N) is 1. The number of hydrogen-bond donors (Lipinski definition) is 1. The number of carbonyl (C=O) groups is 1. The lowest BCUT2D eigenvalue weighted by Gasteiger charge is -2.35. The molecule has 4 nitrogen and oxygen atoms in total. The van der Waals surface area contributed by atoms with Crippen molar-refractivity contribution in [1.29, 1.82) is 0 Å². The molecule has 1 aliphatic carbocycles. The minimum absolute atomic E-state index is 0.212. The summed E-state index contributed by atoms with van der Waals surface area (Å²) >= 11 is 0. The topological polar surface area (TPSA) is 41.6 Å². The van der Waals surface area contributed by atoms with Crippen LogP contribution in [0.5, 0.6) is 0 Å². The number of fused-ring (bicyclic) bond motifs is 1. The third kappa shape index (κ3) is 1.02. The van der Waals surface area contributed by atoms with Crippen molar-refractivity contribution in [2.75, 3.05) is 19.7 Å². The Labute approximate surface area is 77.2 Å². The zero-order valence-electron chi connectivity index (χ0n) is 7.53. The zero-order valence-corrected chi connectivity index (χ0v) is 7.53. The van der Waals surface area contributed by atoms with Crippen LogP contribution in [0.2, 0.25) is 0 Å². The summed E-state index contributed by atoms with van der Waals surface area (Å²) in [6.07, 6.45) is 2.17. The van der Waals surface area contributed by atoms with Crippen LogP contribution < -0.4 is 5.32 Å². The largest absolute Gasteiger partial charge is 0.313 e. The quantitative estimate of drug-likeness (QED) is 0.608. The van der Waals surface area contributed by atoms with Gasteiger partial charge in [-0.25, -0.2) is 5.06 Å². The molecule has 2 bridgehead atoms. The average molecular weight is 182 g/mol. The van der Waals surface area contributed by atoms with Gasteiger partial charge in [0, 0.05) is 6.04 Å². The Morgan fingerprint density at radius 1 is 1.54 bits per heavy atom. The third-order valence-electron chi connectivity index (χ3n) is 3.42. The molecule has 0 aromatic rings. The predicted octanol–water partition coefficient (Wildman–Crippen LogP) is -0.242. The highest BCUT2D eigenvalue weighted by atomic mass is 16.7. The first-order valence-corrected chi connectivity index (χ1v) is 5.04. The van der Waals surface area contributed by atoms with Crippen LogP contribution in [0.4, 0.5) is 0 Å². The molecule has 0 aromatic heterocycles. The molecule has 4 fully saturated rings.